The highest BCUT2D eigenvalue weighted by Gasteiger charge is 2.57. The lowest BCUT2D eigenvalue weighted by Crippen LogP contribution is -2.56. The predicted molar refractivity (Wildman–Crippen MR) is 53.5 cm³/mol. The fraction of sp³-hybridized carbons (Fsp3) is 0.909. The van der Waals surface area contributed by atoms with Crippen LogP contribution in [0, 0.1) is 5.41 Å². The molecule has 1 aliphatic heterocycles. The molecule has 2 rings (SSSR count). The average molecular weight is 214 g/mol. The summed E-state index contributed by atoms with van der Waals surface area (Å²) in [6, 6.07) is 0. The van der Waals surface area contributed by atoms with Crippen LogP contribution in [0.2, 0.25) is 0 Å². The predicted octanol–water partition coefficient (Wildman–Crippen LogP) is 1.17. The molecule has 4 heteroatoms. The second kappa shape index (κ2) is 3.76. The normalized spacial score (nSPS) is 35.3. The Morgan fingerprint density at radius 2 is 1.80 bits per heavy atom. The summed E-state index contributed by atoms with van der Waals surface area (Å²) in [7, 11) is 0. The monoisotopic (exact) mass is 214 g/mol. The molecule has 0 aromatic carbocycles. The van der Waals surface area contributed by atoms with Crippen molar-refractivity contribution in [3.8, 4) is 0 Å². The lowest BCUT2D eigenvalue weighted by Gasteiger charge is -2.44. The summed E-state index contributed by atoms with van der Waals surface area (Å²) in [5, 5.41) is 19.9. The number of carboxylic acids is 1. The second-order valence-corrected chi connectivity index (χ2v) is 4.78. The molecule has 0 bridgehead atoms. The van der Waals surface area contributed by atoms with E-state index in [2.05, 4.69) is 0 Å². The molecule has 1 heterocycles. The molecule has 0 spiro atoms. The molecule has 2 fully saturated rings. The zero-order valence-electron chi connectivity index (χ0n) is 8.87. The quantitative estimate of drug-likeness (QED) is 0.724. The van der Waals surface area contributed by atoms with E-state index in [0.717, 1.165) is 19.3 Å². The zero-order chi connectivity index (χ0) is 10.9. The van der Waals surface area contributed by atoms with E-state index in [1.54, 1.807) is 0 Å². The number of carboxylic acid groups (broad SMARTS) is 1. The van der Waals surface area contributed by atoms with E-state index < -0.39 is 17.0 Å². The van der Waals surface area contributed by atoms with E-state index in [1.807, 2.05) is 0 Å². The standard InChI is InChI=1S/C11H18O4/c12-9(13)10(4-3-7-15-8-10)11(14)5-1-2-6-11/h14H,1-8H2,(H,12,13). The minimum atomic E-state index is -1.05. The third kappa shape index (κ3) is 1.56. The van der Waals surface area contributed by atoms with Crippen LogP contribution < -0.4 is 0 Å². The molecular weight excluding hydrogens is 196 g/mol. The van der Waals surface area contributed by atoms with Gasteiger partial charge in [0.1, 0.15) is 5.41 Å². The molecule has 1 atom stereocenters. The van der Waals surface area contributed by atoms with Crippen LogP contribution in [0.3, 0.4) is 0 Å². The Balaban J connectivity index is 2.28. The van der Waals surface area contributed by atoms with Gasteiger partial charge in [0.25, 0.3) is 0 Å². The summed E-state index contributed by atoms with van der Waals surface area (Å²) >= 11 is 0. The van der Waals surface area contributed by atoms with Crippen LogP contribution in [0.15, 0.2) is 0 Å². The first-order valence-corrected chi connectivity index (χ1v) is 5.64. The molecule has 0 aromatic heterocycles. The Morgan fingerprint density at radius 1 is 1.13 bits per heavy atom. The first-order valence-electron chi connectivity index (χ1n) is 5.64. The maximum absolute atomic E-state index is 11.4. The van der Waals surface area contributed by atoms with Crippen molar-refractivity contribution in [2.24, 2.45) is 5.41 Å². The molecule has 0 aromatic rings. The van der Waals surface area contributed by atoms with Gasteiger partial charge in [-0.3, -0.25) is 4.79 Å². The number of carbonyl (C=O) groups is 1. The molecule has 1 saturated heterocycles. The summed E-state index contributed by atoms with van der Waals surface area (Å²) in [6.45, 7) is 0.782. The van der Waals surface area contributed by atoms with Crippen molar-refractivity contribution in [2.75, 3.05) is 13.2 Å². The van der Waals surface area contributed by atoms with Gasteiger partial charge in [0.15, 0.2) is 0 Å². The van der Waals surface area contributed by atoms with Crippen LogP contribution in [0.1, 0.15) is 38.5 Å². The summed E-state index contributed by atoms with van der Waals surface area (Å²) in [4.78, 5) is 11.4. The largest absolute Gasteiger partial charge is 0.481 e. The molecule has 0 amide bonds. The first kappa shape index (κ1) is 10.9. The molecule has 1 saturated carbocycles. The van der Waals surface area contributed by atoms with E-state index in [9.17, 15) is 15.0 Å². The number of aliphatic carboxylic acids is 1. The van der Waals surface area contributed by atoms with Crippen molar-refractivity contribution in [2.45, 2.75) is 44.1 Å². The molecule has 0 radical (unpaired) electrons. The van der Waals surface area contributed by atoms with Gasteiger partial charge in [0.2, 0.25) is 0 Å². The van der Waals surface area contributed by atoms with E-state index in [1.165, 1.54) is 0 Å². The summed E-state index contributed by atoms with van der Waals surface area (Å²) in [6.07, 6.45) is 4.32. The topological polar surface area (TPSA) is 66.8 Å². The Hall–Kier alpha value is -0.610. The smallest absolute Gasteiger partial charge is 0.314 e. The minimum absolute atomic E-state index is 0.166. The molecule has 2 N–H and O–H groups in total. The van der Waals surface area contributed by atoms with Crippen molar-refractivity contribution in [3.63, 3.8) is 0 Å². The van der Waals surface area contributed by atoms with Gasteiger partial charge in [-0.25, -0.2) is 0 Å². The second-order valence-electron chi connectivity index (χ2n) is 4.78. The van der Waals surface area contributed by atoms with Crippen molar-refractivity contribution in [1.29, 1.82) is 0 Å². The van der Waals surface area contributed by atoms with Gasteiger partial charge >= 0.3 is 5.97 Å². The van der Waals surface area contributed by atoms with Gasteiger partial charge in [-0.1, -0.05) is 12.8 Å². The Bertz CT molecular complexity index is 249. The van der Waals surface area contributed by atoms with Crippen molar-refractivity contribution in [1.82, 2.24) is 0 Å². The molecule has 2 aliphatic rings. The highest BCUT2D eigenvalue weighted by atomic mass is 16.5. The Labute approximate surface area is 89.2 Å². The van der Waals surface area contributed by atoms with Crippen LogP contribution in [-0.4, -0.2) is 35.0 Å². The van der Waals surface area contributed by atoms with Crippen LogP contribution in [0.25, 0.3) is 0 Å². The summed E-state index contributed by atoms with van der Waals surface area (Å²) < 4.78 is 5.28. The van der Waals surface area contributed by atoms with E-state index in [4.69, 9.17) is 4.74 Å². The van der Waals surface area contributed by atoms with Crippen molar-refractivity contribution < 1.29 is 19.7 Å². The molecule has 1 unspecified atom stereocenters. The molecule has 1 aliphatic carbocycles. The van der Waals surface area contributed by atoms with E-state index >= 15 is 0 Å². The summed E-state index contributed by atoms with van der Waals surface area (Å²) in [5.74, 6) is -0.897. The van der Waals surface area contributed by atoms with Gasteiger partial charge in [-0.2, -0.15) is 0 Å². The molecule has 15 heavy (non-hydrogen) atoms. The van der Waals surface area contributed by atoms with Gasteiger partial charge in [0, 0.05) is 6.61 Å². The number of hydrogen-bond acceptors (Lipinski definition) is 3. The zero-order valence-corrected chi connectivity index (χ0v) is 8.87. The van der Waals surface area contributed by atoms with Crippen LogP contribution in [0.5, 0.6) is 0 Å². The third-order valence-corrected chi connectivity index (χ3v) is 3.97. The maximum atomic E-state index is 11.4. The van der Waals surface area contributed by atoms with Crippen LogP contribution >= 0.6 is 0 Å². The summed E-state index contributed by atoms with van der Waals surface area (Å²) in [5.41, 5.74) is -2.10. The molecule has 4 nitrogen and oxygen atoms in total. The lowest BCUT2D eigenvalue weighted by atomic mass is 9.67. The lowest BCUT2D eigenvalue weighted by molar-refractivity contribution is -0.188. The van der Waals surface area contributed by atoms with Crippen molar-refractivity contribution >= 4 is 5.97 Å². The first-order chi connectivity index (χ1) is 7.11. The Kier molecular flexibility index (Phi) is 2.73. The van der Waals surface area contributed by atoms with Crippen LogP contribution in [-0.2, 0) is 9.53 Å². The van der Waals surface area contributed by atoms with Gasteiger partial charge in [-0.05, 0) is 25.7 Å². The van der Waals surface area contributed by atoms with Crippen LogP contribution in [0.4, 0.5) is 0 Å². The average Bonchev–Trinajstić information content (AvgIpc) is 2.67. The third-order valence-electron chi connectivity index (χ3n) is 3.97. The van der Waals surface area contributed by atoms with Gasteiger partial charge in [-0.15, -0.1) is 0 Å². The fourth-order valence-corrected chi connectivity index (χ4v) is 2.97. The number of ether oxygens (including phenoxy) is 1. The van der Waals surface area contributed by atoms with E-state index in [0.29, 0.717) is 25.9 Å². The van der Waals surface area contributed by atoms with Gasteiger partial charge in [0.05, 0.1) is 12.2 Å². The minimum Gasteiger partial charge on any atom is -0.481 e. The highest BCUT2D eigenvalue weighted by molar-refractivity contribution is 5.76. The highest BCUT2D eigenvalue weighted by Crippen LogP contribution is 2.48. The number of rotatable bonds is 2. The Morgan fingerprint density at radius 3 is 2.27 bits per heavy atom. The number of aliphatic hydroxyl groups is 1. The van der Waals surface area contributed by atoms with Gasteiger partial charge < -0.3 is 14.9 Å². The van der Waals surface area contributed by atoms with Crippen molar-refractivity contribution in [3.05, 3.63) is 0 Å². The maximum Gasteiger partial charge on any atom is 0.314 e. The fourth-order valence-electron chi connectivity index (χ4n) is 2.97. The SMILES string of the molecule is O=C(O)C1(C2(O)CCCC2)CCCOC1. The van der Waals surface area contributed by atoms with E-state index in [-0.39, 0.29) is 6.61 Å². The number of hydrogen-bond donors (Lipinski definition) is 2. The molecular formula is C11H18O4. The molecule has 86 valence electrons.